The average Bonchev–Trinajstić information content (AvgIpc) is 3.16. The van der Waals surface area contributed by atoms with Crippen LogP contribution in [0.4, 0.5) is 26.3 Å². The molecule has 2 aromatic heterocycles. The molecule has 1 aromatic carbocycles. The van der Waals surface area contributed by atoms with Gasteiger partial charge in [0.2, 0.25) is 5.82 Å². The molecule has 0 saturated carbocycles. The van der Waals surface area contributed by atoms with Crippen molar-refractivity contribution in [2.75, 3.05) is 13.1 Å². The normalized spacial score (nSPS) is 17.9. The van der Waals surface area contributed by atoms with Crippen LogP contribution in [0.3, 0.4) is 0 Å². The van der Waals surface area contributed by atoms with Gasteiger partial charge in [-0.3, -0.25) is 9.79 Å². The Hall–Kier alpha value is -3.48. The SMILES string of the molecule is C[C@@H]1N=C(c2c(F)cccc2F)c2c(cnc(C(F)(F)F)c2Cl)-n2nc(C(=O)N3CC(F)C3)nc21. The van der Waals surface area contributed by atoms with E-state index in [1.54, 1.807) is 0 Å². The van der Waals surface area contributed by atoms with Gasteiger partial charge >= 0.3 is 6.18 Å². The van der Waals surface area contributed by atoms with Gasteiger partial charge < -0.3 is 4.90 Å². The molecule has 14 heteroatoms. The molecule has 1 saturated heterocycles. The van der Waals surface area contributed by atoms with Crippen molar-refractivity contribution in [1.82, 2.24) is 24.6 Å². The van der Waals surface area contributed by atoms with E-state index >= 15 is 0 Å². The highest BCUT2D eigenvalue weighted by Gasteiger charge is 2.40. The first-order valence-corrected chi connectivity index (χ1v) is 10.5. The van der Waals surface area contributed by atoms with E-state index < -0.39 is 63.5 Å². The van der Waals surface area contributed by atoms with E-state index in [4.69, 9.17) is 11.6 Å². The van der Waals surface area contributed by atoms with Gasteiger partial charge in [-0.05, 0) is 19.1 Å². The van der Waals surface area contributed by atoms with Crippen LogP contribution in [0.2, 0.25) is 5.02 Å². The highest BCUT2D eigenvalue weighted by molar-refractivity contribution is 6.37. The maximum atomic E-state index is 14.7. The number of amides is 1. The van der Waals surface area contributed by atoms with Crippen molar-refractivity contribution in [2.24, 2.45) is 4.99 Å². The number of pyridine rings is 1. The Labute approximate surface area is 198 Å². The number of nitrogens with zero attached hydrogens (tertiary/aromatic N) is 6. The van der Waals surface area contributed by atoms with Gasteiger partial charge in [0.1, 0.15) is 23.8 Å². The molecule has 7 nitrogen and oxygen atoms in total. The zero-order valence-corrected chi connectivity index (χ0v) is 18.4. The minimum atomic E-state index is -4.99. The van der Waals surface area contributed by atoms with Crippen LogP contribution in [0, 0.1) is 11.6 Å². The summed E-state index contributed by atoms with van der Waals surface area (Å²) in [5, 5.41) is 3.13. The predicted molar refractivity (Wildman–Crippen MR) is 110 cm³/mol. The van der Waals surface area contributed by atoms with E-state index in [2.05, 4.69) is 20.1 Å². The summed E-state index contributed by atoms with van der Waals surface area (Å²) in [6.45, 7) is 1.16. The second kappa shape index (κ2) is 8.04. The summed E-state index contributed by atoms with van der Waals surface area (Å²) < 4.78 is 84.5. The summed E-state index contributed by atoms with van der Waals surface area (Å²) >= 11 is 6.13. The third-order valence-electron chi connectivity index (χ3n) is 5.58. The summed E-state index contributed by atoms with van der Waals surface area (Å²) in [4.78, 5) is 25.6. The van der Waals surface area contributed by atoms with E-state index in [1.165, 1.54) is 6.92 Å². The van der Waals surface area contributed by atoms with Gasteiger partial charge in [0.05, 0.1) is 41.3 Å². The van der Waals surface area contributed by atoms with E-state index in [0.29, 0.717) is 0 Å². The van der Waals surface area contributed by atoms with Gasteiger partial charge in [0.15, 0.2) is 11.5 Å². The first kappa shape index (κ1) is 23.3. The van der Waals surface area contributed by atoms with Crippen LogP contribution in [-0.2, 0) is 6.18 Å². The van der Waals surface area contributed by atoms with Crippen LogP contribution in [-0.4, -0.2) is 55.5 Å². The van der Waals surface area contributed by atoms with E-state index in [9.17, 15) is 31.1 Å². The number of aliphatic imine (C=N–C) groups is 1. The molecule has 5 rings (SSSR count). The molecular weight excluding hydrogens is 502 g/mol. The van der Waals surface area contributed by atoms with Gasteiger partial charge in [0, 0.05) is 5.56 Å². The van der Waals surface area contributed by atoms with Gasteiger partial charge in [-0.25, -0.2) is 27.8 Å². The number of likely N-dealkylation sites (tertiary alicyclic amines) is 1. The maximum absolute atomic E-state index is 14.7. The first-order chi connectivity index (χ1) is 16.5. The molecule has 2 aliphatic heterocycles. The lowest BCUT2D eigenvalue weighted by Crippen LogP contribution is -2.51. The summed E-state index contributed by atoms with van der Waals surface area (Å²) in [7, 11) is 0. The highest BCUT2D eigenvalue weighted by Crippen LogP contribution is 2.40. The van der Waals surface area contributed by atoms with Crippen LogP contribution < -0.4 is 0 Å². The first-order valence-electron chi connectivity index (χ1n) is 10.2. The quantitative estimate of drug-likeness (QED) is 0.477. The molecule has 4 heterocycles. The fraction of sp³-hybridized carbons (Fsp3) is 0.286. The smallest absolute Gasteiger partial charge is 0.330 e. The van der Waals surface area contributed by atoms with Crippen LogP contribution in [0.5, 0.6) is 0 Å². The molecule has 2 aliphatic rings. The van der Waals surface area contributed by atoms with Crippen molar-refractivity contribution in [3.05, 3.63) is 69.5 Å². The lowest BCUT2D eigenvalue weighted by atomic mass is 9.99. The van der Waals surface area contributed by atoms with Crippen molar-refractivity contribution in [1.29, 1.82) is 0 Å². The topological polar surface area (TPSA) is 76.3 Å². The molecule has 0 bridgehead atoms. The Bertz CT molecular complexity index is 1380. The molecule has 0 radical (unpaired) electrons. The molecule has 1 atom stereocenters. The van der Waals surface area contributed by atoms with Crippen LogP contribution in [0.15, 0.2) is 29.4 Å². The Balaban J connectivity index is 1.77. The standard InChI is InChI=1S/C21H13ClF6N6O/c1-8-19-31-18(20(35)33-6-9(23)7-33)32-34(19)12-5-29-17(21(26,27)28)15(22)14(12)16(30-8)13-10(24)3-2-4-11(13)25/h2-5,8-9H,6-7H2,1H3/t8-/m0/s1. The molecule has 0 spiro atoms. The fourth-order valence-electron chi connectivity index (χ4n) is 3.89. The number of benzene rings is 1. The zero-order valence-electron chi connectivity index (χ0n) is 17.6. The number of aromatic nitrogens is 4. The molecular formula is C21H13ClF6N6O. The summed E-state index contributed by atoms with van der Waals surface area (Å²) in [6, 6.07) is 1.91. The Morgan fingerprint density at radius 3 is 2.40 bits per heavy atom. The third-order valence-corrected chi connectivity index (χ3v) is 5.94. The molecule has 1 amide bonds. The minimum Gasteiger partial charge on any atom is -0.330 e. The molecule has 3 aromatic rings. The molecule has 0 unspecified atom stereocenters. The second-order valence-electron chi connectivity index (χ2n) is 7.94. The number of hydrogen-bond donors (Lipinski definition) is 0. The Kier molecular flexibility index (Phi) is 5.34. The van der Waals surface area contributed by atoms with E-state index in [-0.39, 0.29) is 30.4 Å². The zero-order chi connectivity index (χ0) is 25.2. The van der Waals surface area contributed by atoms with Crippen molar-refractivity contribution in [3.63, 3.8) is 0 Å². The lowest BCUT2D eigenvalue weighted by Gasteiger charge is -2.33. The third kappa shape index (κ3) is 3.74. The molecule has 1 fully saturated rings. The van der Waals surface area contributed by atoms with Crippen molar-refractivity contribution < 1.29 is 31.1 Å². The predicted octanol–water partition coefficient (Wildman–Crippen LogP) is 4.32. The van der Waals surface area contributed by atoms with E-state index in [1.807, 2.05) is 0 Å². The summed E-state index contributed by atoms with van der Waals surface area (Å²) in [5.41, 5.74) is -3.39. The van der Waals surface area contributed by atoms with Crippen molar-refractivity contribution in [3.8, 4) is 5.69 Å². The molecule has 35 heavy (non-hydrogen) atoms. The highest BCUT2D eigenvalue weighted by atomic mass is 35.5. The Morgan fingerprint density at radius 1 is 1.14 bits per heavy atom. The Morgan fingerprint density at radius 2 is 1.80 bits per heavy atom. The molecule has 182 valence electrons. The van der Waals surface area contributed by atoms with Crippen molar-refractivity contribution in [2.45, 2.75) is 25.3 Å². The maximum Gasteiger partial charge on any atom is 0.434 e. The van der Waals surface area contributed by atoms with Gasteiger partial charge in [-0.2, -0.15) is 13.2 Å². The van der Waals surface area contributed by atoms with Gasteiger partial charge in [0.25, 0.3) is 5.91 Å². The van der Waals surface area contributed by atoms with Crippen LogP contribution >= 0.6 is 11.6 Å². The second-order valence-corrected chi connectivity index (χ2v) is 8.32. The number of carbonyl (C=O) groups is 1. The number of hydrogen-bond acceptors (Lipinski definition) is 5. The van der Waals surface area contributed by atoms with E-state index in [0.717, 1.165) is 34.0 Å². The van der Waals surface area contributed by atoms with Gasteiger partial charge in [-0.15, -0.1) is 5.10 Å². The molecule has 0 aliphatic carbocycles. The minimum absolute atomic E-state index is 0.0173. The number of carbonyl (C=O) groups excluding carboxylic acids is 1. The summed E-state index contributed by atoms with van der Waals surface area (Å²) in [6.07, 6.45) is -5.40. The number of alkyl halides is 4. The number of fused-ring (bicyclic) bond motifs is 3. The van der Waals surface area contributed by atoms with Gasteiger partial charge in [-0.1, -0.05) is 17.7 Å². The largest absolute Gasteiger partial charge is 0.434 e. The monoisotopic (exact) mass is 514 g/mol. The number of rotatable bonds is 2. The average molecular weight is 515 g/mol. The number of halogens is 7. The van der Waals surface area contributed by atoms with Crippen molar-refractivity contribution >= 4 is 23.2 Å². The van der Waals surface area contributed by atoms with Crippen LogP contribution in [0.25, 0.3) is 5.69 Å². The lowest BCUT2D eigenvalue weighted by molar-refractivity contribution is -0.141. The molecule has 0 N–H and O–H groups in total. The fourth-order valence-corrected chi connectivity index (χ4v) is 4.23. The van der Waals surface area contributed by atoms with Crippen LogP contribution in [0.1, 0.15) is 46.2 Å². The summed E-state index contributed by atoms with van der Waals surface area (Å²) in [5.74, 6) is -3.22.